The second kappa shape index (κ2) is 6.90. The van der Waals surface area contributed by atoms with Crippen LogP contribution in [0.3, 0.4) is 0 Å². The molecule has 1 heterocycles. The maximum atomic E-state index is 12.1. The maximum absolute atomic E-state index is 12.1. The molecule has 0 saturated carbocycles. The van der Waals surface area contributed by atoms with Gasteiger partial charge in [-0.3, -0.25) is 4.79 Å². The molecule has 1 aliphatic heterocycles. The number of hydrogen-bond donors (Lipinski definition) is 1. The topological polar surface area (TPSA) is 41.6 Å². The lowest BCUT2D eigenvalue weighted by atomic mass is 10.0. The Morgan fingerprint density at radius 1 is 1.27 bits per heavy atom. The second-order valence-electron chi connectivity index (χ2n) is 5.92. The van der Waals surface area contributed by atoms with Gasteiger partial charge in [-0.05, 0) is 23.4 Å². The first-order chi connectivity index (χ1) is 10.7. The summed E-state index contributed by atoms with van der Waals surface area (Å²) in [7, 11) is 2.08. The fraction of sp³-hybridized carbons (Fsp3) is 0.389. The monoisotopic (exact) mass is 298 g/mol. The van der Waals surface area contributed by atoms with E-state index in [1.54, 1.807) is 0 Å². The number of rotatable bonds is 4. The first-order valence-electron chi connectivity index (χ1n) is 7.75. The van der Waals surface area contributed by atoms with E-state index in [1.165, 1.54) is 10.8 Å². The van der Waals surface area contributed by atoms with E-state index in [1.807, 2.05) is 18.2 Å². The highest BCUT2D eigenvalue weighted by molar-refractivity contribution is 5.85. The summed E-state index contributed by atoms with van der Waals surface area (Å²) in [6.45, 7) is 3.15. The van der Waals surface area contributed by atoms with Crippen molar-refractivity contribution in [2.45, 2.75) is 12.5 Å². The van der Waals surface area contributed by atoms with Crippen LogP contribution in [-0.2, 0) is 16.0 Å². The molecule has 2 aromatic carbocycles. The molecule has 0 bridgehead atoms. The zero-order valence-electron chi connectivity index (χ0n) is 12.9. The Kier molecular flexibility index (Phi) is 4.71. The van der Waals surface area contributed by atoms with Gasteiger partial charge >= 0.3 is 0 Å². The van der Waals surface area contributed by atoms with Gasteiger partial charge in [-0.25, -0.2) is 0 Å². The summed E-state index contributed by atoms with van der Waals surface area (Å²) >= 11 is 0. The third kappa shape index (κ3) is 3.84. The number of likely N-dealkylation sites (N-methyl/N-ethyl adjacent to an activating group) is 1. The van der Waals surface area contributed by atoms with Crippen molar-refractivity contribution < 1.29 is 9.53 Å². The van der Waals surface area contributed by atoms with Gasteiger partial charge in [-0.15, -0.1) is 0 Å². The van der Waals surface area contributed by atoms with Crippen molar-refractivity contribution in [2.75, 3.05) is 33.3 Å². The van der Waals surface area contributed by atoms with Crippen molar-refractivity contribution in [1.82, 2.24) is 10.2 Å². The van der Waals surface area contributed by atoms with Crippen molar-refractivity contribution in [1.29, 1.82) is 0 Å². The van der Waals surface area contributed by atoms with Crippen LogP contribution in [0, 0.1) is 0 Å². The minimum absolute atomic E-state index is 0.0482. The van der Waals surface area contributed by atoms with Gasteiger partial charge in [-0.1, -0.05) is 42.5 Å². The van der Waals surface area contributed by atoms with Gasteiger partial charge in [0.1, 0.15) is 0 Å². The normalized spacial score (nSPS) is 19.2. The third-order valence-corrected chi connectivity index (χ3v) is 4.05. The Labute approximate surface area is 131 Å². The van der Waals surface area contributed by atoms with Gasteiger partial charge in [0.15, 0.2) is 0 Å². The molecule has 4 nitrogen and oxygen atoms in total. The molecule has 4 heteroatoms. The number of ether oxygens (including phenoxy) is 1. The largest absolute Gasteiger partial charge is 0.374 e. The van der Waals surface area contributed by atoms with Crippen molar-refractivity contribution in [3.63, 3.8) is 0 Å². The van der Waals surface area contributed by atoms with E-state index in [0.717, 1.165) is 25.3 Å². The number of nitrogens with zero attached hydrogens (tertiary/aromatic N) is 1. The smallest absolute Gasteiger partial charge is 0.224 e. The summed E-state index contributed by atoms with van der Waals surface area (Å²) in [5.74, 6) is 0.0482. The molecule has 1 unspecified atom stereocenters. The van der Waals surface area contributed by atoms with Gasteiger partial charge in [0.2, 0.25) is 5.91 Å². The fourth-order valence-corrected chi connectivity index (χ4v) is 2.81. The number of carbonyl (C=O) groups excluding carboxylic acids is 1. The summed E-state index contributed by atoms with van der Waals surface area (Å²) in [6.07, 6.45) is 0.507. The summed E-state index contributed by atoms with van der Waals surface area (Å²) in [5, 5.41) is 5.35. The highest BCUT2D eigenvalue weighted by atomic mass is 16.5. The number of benzene rings is 2. The fourth-order valence-electron chi connectivity index (χ4n) is 2.81. The summed E-state index contributed by atoms with van der Waals surface area (Å²) in [6, 6.07) is 14.4. The number of carbonyl (C=O) groups is 1. The van der Waals surface area contributed by atoms with Crippen LogP contribution in [-0.4, -0.2) is 50.2 Å². The molecule has 2 aromatic rings. The molecule has 22 heavy (non-hydrogen) atoms. The first kappa shape index (κ1) is 15.0. The van der Waals surface area contributed by atoms with Crippen LogP contribution >= 0.6 is 0 Å². The van der Waals surface area contributed by atoms with Crippen LogP contribution < -0.4 is 5.32 Å². The Bertz CT molecular complexity index is 656. The minimum Gasteiger partial charge on any atom is -0.374 e. The van der Waals surface area contributed by atoms with Crippen molar-refractivity contribution >= 4 is 16.7 Å². The zero-order valence-corrected chi connectivity index (χ0v) is 12.9. The third-order valence-electron chi connectivity index (χ3n) is 4.05. The standard InChI is InChI=1S/C18H22N2O2/c1-20-8-9-22-17(13-20)12-19-18(21)11-14-6-7-15-4-2-3-5-16(15)10-14/h2-7,10,17H,8-9,11-13H2,1H3,(H,19,21). The molecule has 1 aliphatic rings. The number of amides is 1. The van der Waals surface area contributed by atoms with E-state index in [4.69, 9.17) is 4.74 Å². The van der Waals surface area contributed by atoms with E-state index in [2.05, 4.69) is 41.5 Å². The van der Waals surface area contributed by atoms with E-state index in [0.29, 0.717) is 13.0 Å². The SMILES string of the molecule is CN1CCOC(CNC(=O)Cc2ccc3ccccc3c2)C1. The zero-order chi connectivity index (χ0) is 15.4. The molecular formula is C18H22N2O2. The van der Waals surface area contributed by atoms with Crippen LogP contribution in [0.15, 0.2) is 42.5 Å². The maximum Gasteiger partial charge on any atom is 0.224 e. The van der Waals surface area contributed by atoms with Crippen LogP contribution in [0.1, 0.15) is 5.56 Å². The van der Waals surface area contributed by atoms with Crippen molar-refractivity contribution in [2.24, 2.45) is 0 Å². The average Bonchev–Trinajstić information content (AvgIpc) is 2.53. The quantitative estimate of drug-likeness (QED) is 0.936. The molecule has 1 saturated heterocycles. The average molecular weight is 298 g/mol. The molecule has 3 rings (SSSR count). The lowest BCUT2D eigenvalue weighted by molar-refractivity contribution is -0.121. The van der Waals surface area contributed by atoms with Crippen LogP contribution in [0.4, 0.5) is 0 Å². The predicted octanol–water partition coefficient (Wildman–Crippen LogP) is 1.83. The molecule has 0 aliphatic carbocycles. The van der Waals surface area contributed by atoms with E-state index < -0.39 is 0 Å². The van der Waals surface area contributed by atoms with E-state index in [9.17, 15) is 4.79 Å². The second-order valence-corrected chi connectivity index (χ2v) is 5.92. The summed E-state index contributed by atoms with van der Waals surface area (Å²) in [4.78, 5) is 14.3. The molecule has 116 valence electrons. The highest BCUT2D eigenvalue weighted by Gasteiger charge is 2.18. The van der Waals surface area contributed by atoms with Crippen LogP contribution in [0.2, 0.25) is 0 Å². The Morgan fingerprint density at radius 2 is 2.09 bits per heavy atom. The summed E-state index contributed by atoms with van der Waals surface area (Å²) in [5.41, 5.74) is 1.04. The molecule has 0 radical (unpaired) electrons. The highest BCUT2D eigenvalue weighted by Crippen LogP contribution is 2.15. The lowest BCUT2D eigenvalue weighted by Crippen LogP contribution is -2.46. The predicted molar refractivity (Wildman–Crippen MR) is 87.9 cm³/mol. The van der Waals surface area contributed by atoms with Crippen LogP contribution in [0.25, 0.3) is 10.8 Å². The molecule has 1 N–H and O–H groups in total. The molecule has 1 atom stereocenters. The number of morpholine rings is 1. The minimum atomic E-state index is 0.0482. The van der Waals surface area contributed by atoms with Crippen molar-refractivity contribution in [3.8, 4) is 0 Å². The van der Waals surface area contributed by atoms with Crippen LogP contribution in [0.5, 0.6) is 0 Å². The molecular weight excluding hydrogens is 276 g/mol. The number of nitrogens with one attached hydrogen (secondary N) is 1. The summed E-state index contributed by atoms with van der Waals surface area (Å²) < 4.78 is 5.65. The molecule has 1 fully saturated rings. The lowest BCUT2D eigenvalue weighted by Gasteiger charge is -2.30. The Balaban J connectivity index is 1.54. The van der Waals surface area contributed by atoms with E-state index >= 15 is 0 Å². The van der Waals surface area contributed by atoms with Gasteiger partial charge in [0, 0.05) is 19.6 Å². The molecule has 0 aromatic heterocycles. The van der Waals surface area contributed by atoms with Gasteiger partial charge in [0.05, 0.1) is 19.1 Å². The Morgan fingerprint density at radius 3 is 2.91 bits per heavy atom. The first-order valence-corrected chi connectivity index (χ1v) is 7.75. The van der Waals surface area contributed by atoms with Gasteiger partial charge < -0.3 is 15.0 Å². The Hall–Kier alpha value is -1.91. The van der Waals surface area contributed by atoms with Gasteiger partial charge in [0.25, 0.3) is 0 Å². The van der Waals surface area contributed by atoms with Crippen molar-refractivity contribution in [3.05, 3.63) is 48.0 Å². The van der Waals surface area contributed by atoms with Gasteiger partial charge in [-0.2, -0.15) is 0 Å². The molecule has 1 amide bonds. The number of hydrogen-bond acceptors (Lipinski definition) is 3. The van der Waals surface area contributed by atoms with E-state index in [-0.39, 0.29) is 12.0 Å². The number of fused-ring (bicyclic) bond motifs is 1. The molecule has 0 spiro atoms.